The van der Waals surface area contributed by atoms with Gasteiger partial charge in [-0.25, -0.2) is 0 Å². The lowest BCUT2D eigenvalue weighted by Gasteiger charge is -2.53. The summed E-state index contributed by atoms with van der Waals surface area (Å²) in [7, 11) is 0. The molecule has 0 aromatic rings. The van der Waals surface area contributed by atoms with Crippen LogP contribution in [0.1, 0.15) is 172 Å². The summed E-state index contributed by atoms with van der Waals surface area (Å²) >= 11 is 0. The fraction of sp³-hybridized carbons (Fsp3) is 0.944. The Balaban J connectivity index is 1.59. The number of ether oxygens (including phenoxy) is 2. The maximum absolute atomic E-state index is 12.6. The molecular formula is C36H68N2O6. The van der Waals surface area contributed by atoms with Crippen LogP contribution in [0.2, 0.25) is 0 Å². The highest BCUT2D eigenvalue weighted by atomic mass is 16.7. The zero-order valence-electron chi connectivity index (χ0n) is 30.2. The van der Waals surface area contributed by atoms with Gasteiger partial charge in [0.25, 0.3) is 0 Å². The van der Waals surface area contributed by atoms with E-state index in [1.807, 2.05) is 0 Å². The van der Waals surface area contributed by atoms with Crippen LogP contribution in [0.4, 0.5) is 0 Å². The molecular weight excluding hydrogens is 556 g/mol. The highest BCUT2D eigenvalue weighted by Crippen LogP contribution is 2.41. The van der Waals surface area contributed by atoms with Gasteiger partial charge in [-0.3, -0.25) is 19.3 Å². The molecule has 0 spiro atoms. The normalized spacial score (nSPS) is 22.1. The van der Waals surface area contributed by atoms with Crippen molar-refractivity contribution in [2.75, 3.05) is 13.2 Å². The predicted octanol–water partition coefficient (Wildman–Crippen LogP) is 8.70. The highest BCUT2D eigenvalue weighted by molar-refractivity contribution is 5.69. The summed E-state index contributed by atoms with van der Waals surface area (Å²) < 4.78 is 11.9. The number of hydrogen-bond donors (Lipinski definition) is 0. The molecule has 0 amide bonds. The van der Waals surface area contributed by atoms with Crippen molar-refractivity contribution in [1.82, 2.24) is 10.1 Å². The fourth-order valence-electron chi connectivity index (χ4n) is 7.54. The molecule has 0 N–H and O–H groups in total. The van der Waals surface area contributed by atoms with Gasteiger partial charge in [-0.2, -0.15) is 10.1 Å². The molecule has 2 saturated heterocycles. The zero-order valence-corrected chi connectivity index (χ0v) is 30.2. The summed E-state index contributed by atoms with van der Waals surface area (Å²) in [4.78, 5) is 37.6. The van der Waals surface area contributed by atoms with Crippen molar-refractivity contribution < 1.29 is 28.7 Å². The first-order valence-electron chi connectivity index (χ1n) is 17.8. The zero-order chi connectivity index (χ0) is 33.0. The number of hydrogen-bond acceptors (Lipinski definition) is 8. The van der Waals surface area contributed by atoms with Crippen LogP contribution in [0.15, 0.2) is 0 Å². The molecule has 2 aliphatic heterocycles. The lowest BCUT2D eigenvalue weighted by Crippen LogP contribution is -2.62. The van der Waals surface area contributed by atoms with Crippen LogP contribution in [0.3, 0.4) is 0 Å². The Hall–Kier alpha value is -1.22. The topological polar surface area (TPSA) is 77.5 Å². The van der Waals surface area contributed by atoms with Gasteiger partial charge in [-0.05, 0) is 81.1 Å². The molecule has 0 aromatic carbocycles. The number of nitrogens with zero attached hydrogens (tertiary/aromatic N) is 2. The minimum absolute atomic E-state index is 0.0814. The molecule has 258 valence electrons. The standard InChI is InChI=1S/C36H68N2O6/c1-11-13-23-41-37-33(3,4)25-29(26-34(37,5)6)43-31(39)21-19-17-15-16-18-20-22-32(40)44-30-27-35(7,8)38(36(9,10)28-30)42-24-14-12-2/h29-30H,11-28H2,1-10H3. The first kappa shape index (κ1) is 39.0. The Morgan fingerprint density at radius 1 is 0.523 bits per heavy atom. The van der Waals surface area contributed by atoms with E-state index in [1.165, 1.54) is 0 Å². The average Bonchev–Trinajstić information content (AvgIpc) is 2.87. The van der Waals surface area contributed by atoms with E-state index in [4.69, 9.17) is 19.1 Å². The van der Waals surface area contributed by atoms with Gasteiger partial charge in [0.05, 0.1) is 13.2 Å². The molecule has 2 rings (SSSR count). The minimum Gasteiger partial charge on any atom is -0.462 e. The molecule has 2 aliphatic rings. The third kappa shape index (κ3) is 12.5. The average molecular weight is 625 g/mol. The number of carbonyl (C=O) groups excluding carboxylic acids is 2. The Morgan fingerprint density at radius 2 is 0.818 bits per heavy atom. The second kappa shape index (κ2) is 17.6. The van der Waals surface area contributed by atoms with Gasteiger partial charge in [0.2, 0.25) is 0 Å². The van der Waals surface area contributed by atoms with E-state index in [0.717, 1.165) is 103 Å². The van der Waals surface area contributed by atoms with Crippen molar-refractivity contribution in [3.8, 4) is 0 Å². The summed E-state index contributed by atoms with van der Waals surface area (Å²) in [6, 6.07) is 0. The molecule has 0 bridgehead atoms. The lowest BCUT2D eigenvalue weighted by molar-refractivity contribution is -0.293. The van der Waals surface area contributed by atoms with Crippen LogP contribution in [0.5, 0.6) is 0 Å². The van der Waals surface area contributed by atoms with E-state index in [9.17, 15) is 9.59 Å². The Kier molecular flexibility index (Phi) is 15.6. The quantitative estimate of drug-likeness (QED) is 0.104. The van der Waals surface area contributed by atoms with Gasteiger partial charge in [0.15, 0.2) is 0 Å². The van der Waals surface area contributed by atoms with Crippen LogP contribution < -0.4 is 0 Å². The van der Waals surface area contributed by atoms with Gasteiger partial charge >= 0.3 is 11.9 Å². The van der Waals surface area contributed by atoms with Crippen LogP contribution in [0.25, 0.3) is 0 Å². The van der Waals surface area contributed by atoms with E-state index in [1.54, 1.807) is 0 Å². The van der Waals surface area contributed by atoms with Gasteiger partial charge in [-0.1, -0.05) is 52.4 Å². The third-order valence-electron chi connectivity index (χ3n) is 9.15. The summed E-state index contributed by atoms with van der Waals surface area (Å²) in [5.41, 5.74) is -0.776. The molecule has 2 heterocycles. The Labute approximate surface area is 270 Å². The first-order chi connectivity index (χ1) is 20.5. The summed E-state index contributed by atoms with van der Waals surface area (Å²) in [6.45, 7) is 23.2. The van der Waals surface area contributed by atoms with Crippen molar-refractivity contribution in [3.63, 3.8) is 0 Å². The number of piperidine rings is 2. The minimum atomic E-state index is -0.194. The van der Waals surface area contributed by atoms with Gasteiger partial charge in [0.1, 0.15) is 12.2 Å². The molecule has 8 nitrogen and oxygen atoms in total. The third-order valence-corrected chi connectivity index (χ3v) is 9.15. The Bertz CT molecular complexity index is 765. The monoisotopic (exact) mass is 625 g/mol. The molecule has 0 radical (unpaired) electrons. The molecule has 0 atom stereocenters. The molecule has 0 aromatic heterocycles. The van der Waals surface area contributed by atoms with E-state index in [2.05, 4.69) is 79.4 Å². The van der Waals surface area contributed by atoms with Gasteiger partial charge < -0.3 is 9.47 Å². The lowest BCUT2D eigenvalue weighted by atomic mass is 9.80. The first-order valence-corrected chi connectivity index (χ1v) is 17.8. The number of unbranched alkanes of at least 4 members (excludes halogenated alkanes) is 7. The fourth-order valence-corrected chi connectivity index (χ4v) is 7.54. The summed E-state index contributed by atoms with van der Waals surface area (Å²) in [5, 5.41) is 4.27. The molecule has 44 heavy (non-hydrogen) atoms. The maximum atomic E-state index is 12.6. The number of carbonyl (C=O) groups is 2. The summed E-state index contributed by atoms with van der Waals surface area (Å²) in [6.07, 6.45) is 14.0. The van der Waals surface area contributed by atoms with Crippen LogP contribution in [-0.2, 0) is 28.7 Å². The van der Waals surface area contributed by atoms with E-state index >= 15 is 0 Å². The molecule has 0 saturated carbocycles. The van der Waals surface area contributed by atoms with Crippen molar-refractivity contribution in [2.24, 2.45) is 0 Å². The van der Waals surface area contributed by atoms with Crippen LogP contribution in [-0.4, -0.2) is 69.6 Å². The van der Waals surface area contributed by atoms with E-state index < -0.39 is 0 Å². The Morgan fingerprint density at radius 3 is 1.11 bits per heavy atom. The van der Waals surface area contributed by atoms with Crippen molar-refractivity contribution in [1.29, 1.82) is 0 Å². The molecule has 2 fully saturated rings. The number of hydroxylamine groups is 4. The van der Waals surface area contributed by atoms with E-state index in [0.29, 0.717) is 12.8 Å². The van der Waals surface area contributed by atoms with E-state index in [-0.39, 0.29) is 46.3 Å². The largest absolute Gasteiger partial charge is 0.462 e. The maximum Gasteiger partial charge on any atom is 0.306 e. The van der Waals surface area contributed by atoms with Crippen LogP contribution in [0, 0.1) is 0 Å². The molecule has 0 unspecified atom stereocenters. The summed E-state index contributed by atoms with van der Waals surface area (Å²) in [5.74, 6) is -0.177. The van der Waals surface area contributed by atoms with Crippen molar-refractivity contribution >= 4 is 11.9 Å². The molecule has 0 aliphatic carbocycles. The SMILES string of the molecule is CCCCON1C(C)(C)CC(OC(=O)CCCCCCCCC(=O)OC2CC(C)(C)N(OCCCC)C(C)(C)C2)CC1(C)C. The van der Waals surface area contributed by atoms with Gasteiger partial charge in [0, 0.05) is 60.7 Å². The van der Waals surface area contributed by atoms with Gasteiger partial charge in [-0.15, -0.1) is 0 Å². The molecule has 8 heteroatoms. The second-order valence-electron chi connectivity index (χ2n) is 15.9. The second-order valence-corrected chi connectivity index (χ2v) is 15.9. The van der Waals surface area contributed by atoms with Crippen molar-refractivity contribution in [2.45, 2.75) is 206 Å². The smallest absolute Gasteiger partial charge is 0.306 e. The van der Waals surface area contributed by atoms with Crippen molar-refractivity contribution in [3.05, 3.63) is 0 Å². The number of esters is 2. The number of rotatable bonds is 19. The predicted molar refractivity (Wildman–Crippen MR) is 177 cm³/mol. The highest BCUT2D eigenvalue weighted by Gasteiger charge is 2.49. The van der Waals surface area contributed by atoms with Crippen LogP contribution >= 0.6 is 0 Å².